The molecule has 0 aromatic carbocycles. The van der Waals surface area contributed by atoms with Crippen LogP contribution in [0.25, 0.3) is 11.2 Å². The number of nitrogens with zero attached hydrogens (tertiary/aromatic N) is 4. The molecule has 22 heavy (non-hydrogen) atoms. The van der Waals surface area contributed by atoms with E-state index in [4.69, 9.17) is 0 Å². The smallest absolute Gasteiger partial charge is 0.227 e. The van der Waals surface area contributed by atoms with E-state index in [1.807, 2.05) is 11.5 Å². The average Bonchev–Trinajstić information content (AvgIpc) is 2.89. The van der Waals surface area contributed by atoms with Crippen molar-refractivity contribution in [1.29, 1.82) is 0 Å². The molecule has 0 bridgehead atoms. The van der Waals surface area contributed by atoms with E-state index >= 15 is 0 Å². The molecule has 0 aliphatic heterocycles. The summed E-state index contributed by atoms with van der Waals surface area (Å²) in [5, 5.41) is 16.0. The summed E-state index contributed by atoms with van der Waals surface area (Å²) in [6, 6.07) is 0.184. The summed E-state index contributed by atoms with van der Waals surface area (Å²) < 4.78 is 2.02. The Balaban J connectivity index is 2.48. The van der Waals surface area contributed by atoms with Gasteiger partial charge in [0.2, 0.25) is 5.95 Å². The maximum Gasteiger partial charge on any atom is 0.227 e. The Morgan fingerprint density at radius 3 is 2.50 bits per heavy atom. The molecule has 0 spiro atoms. The second-order valence-electron chi connectivity index (χ2n) is 6.02. The molecule has 0 amide bonds. The number of rotatable bonds is 7. The Labute approximate surface area is 131 Å². The molecule has 7 nitrogen and oxygen atoms in total. The highest BCUT2D eigenvalue weighted by molar-refractivity contribution is 5.84. The second-order valence-corrected chi connectivity index (χ2v) is 6.02. The van der Waals surface area contributed by atoms with Gasteiger partial charge in [-0.3, -0.25) is 0 Å². The fraction of sp³-hybridized carbons (Fsp3) is 0.667. The molecule has 0 aliphatic carbocycles. The van der Waals surface area contributed by atoms with Crippen molar-refractivity contribution < 1.29 is 5.11 Å². The highest BCUT2D eigenvalue weighted by Crippen LogP contribution is 2.23. The zero-order valence-corrected chi connectivity index (χ0v) is 14.0. The third-order valence-corrected chi connectivity index (χ3v) is 3.64. The van der Waals surface area contributed by atoms with Gasteiger partial charge in [-0.15, -0.1) is 0 Å². The molecular formula is C15H26N6O. The first kappa shape index (κ1) is 16.5. The second kappa shape index (κ2) is 6.91. The zero-order valence-electron chi connectivity index (χ0n) is 14.0. The third kappa shape index (κ3) is 3.30. The molecule has 7 heteroatoms. The first-order chi connectivity index (χ1) is 10.5. The van der Waals surface area contributed by atoms with Gasteiger partial charge in [-0.1, -0.05) is 13.8 Å². The number of hydrogen-bond donors (Lipinski definition) is 3. The molecule has 2 aromatic rings. The average molecular weight is 306 g/mol. The summed E-state index contributed by atoms with van der Waals surface area (Å²) in [4.78, 5) is 13.5. The van der Waals surface area contributed by atoms with Crippen LogP contribution in [0.1, 0.15) is 40.7 Å². The summed E-state index contributed by atoms with van der Waals surface area (Å²) in [7, 11) is 0. The molecule has 2 rings (SSSR count). The van der Waals surface area contributed by atoms with E-state index in [2.05, 4.69) is 53.3 Å². The summed E-state index contributed by atoms with van der Waals surface area (Å²) in [6.45, 7) is 11.1. The van der Waals surface area contributed by atoms with Crippen molar-refractivity contribution >= 4 is 22.9 Å². The van der Waals surface area contributed by atoms with E-state index in [0.29, 0.717) is 5.95 Å². The van der Waals surface area contributed by atoms with Crippen LogP contribution in [0.2, 0.25) is 0 Å². The molecule has 0 fully saturated rings. The maximum atomic E-state index is 9.50. The largest absolute Gasteiger partial charge is 0.394 e. The third-order valence-electron chi connectivity index (χ3n) is 3.64. The minimum absolute atomic E-state index is 0.0407. The Bertz CT molecular complexity index is 622. The lowest BCUT2D eigenvalue weighted by molar-refractivity contribution is 0.248. The van der Waals surface area contributed by atoms with Gasteiger partial charge in [-0.2, -0.15) is 9.97 Å². The maximum absolute atomic E-state index is 9.50. The molecule has 122 valence electrons. The summed E-state index contributed by atoms with van der Waals surface area (Å²) in [5.41, 5.74) is 1.56. The molecular weight excluding hydrogens is 280 g/mol. The molecule has 0 aliphatic rings. The van der Waals surface area contributed by atoms with Gasteiger partial charge in [-0.25, -0.2) is 4.98 Å². The summed E-state index contributed by atoms with van der Waals surface area (Å²) in [5.74, 6) is 1.51. The predicted molar refractivity (Wildman–Crippen MR) is 89.2 cm³/mol. The van der Waals surface area contributed by atoms with Crippen LogP contribution >= 0.6 is 0 Å². The minimum atomic E-state index is -0.0812. The van der Waals surface area contributed by atoms with E-state index in [-0.39, 0.29) is 24.6 Å². The molecule has 3 N–H and O–H groups in total. The van der Waals surface area contributed by atoms with Crippen molar-refractivity contribution in [2.75, 3.05) is 23.8 Å². The lowest BCUT2D eigenvalue weighted by Crippen LogP contribution is -2.30. The van der Waals surface area contributed by atoms with Crippen molar-refractivity contribution in [2.24, 2.45) is 5.92 Å². The van der Waals surface area contributed by atoms with E-state index < -0.39 is 0 Å². The highest BCUT2D eigenvalue weighted by Gasteiger charge is 2.18. The lowest BCUT2D eigenvalue weighted by Gasteiger charge is -2.20. The first-order valence-electron chi connectivity index (χ1n) is 7.83. The van der Waals surface area contributed by atoms with E-state index in [1.54, 1.807) is 6.33 Å². The van der Waals surface area contributed by atoms with Gasteiger partial charge < -0.3 is 20.3 Å². The number of hydrogen-bond acceptors (Lipinski definition) is 6. The Morgan fingerprint density at radius 1 is 1.23 bits per heavy atom. The monoisotopic (exact) mass is 306 g/mol. The number of aliphatic hydroxyl groups is 1. The van der Waals surface area contributed by atoms with Crippen LogP contribution in [0.4, 0.5) is 11.8 Å². The lowest BCUT2D eigenvalue weighted by atomic mass is 10.1. The Hall–Kier alpha value is -1.89. The number of nitrogens with one attached hydrogen (secondary N) is 2. The number of imidazole rings is 1. The number of aromatic nitrogens is 4. The first-order valence-corrected chi connectivity index (χ1v) is 7.83. The van der Waals surface area contributed by atoms with Gasteiger partial charge in [0, 0.05) is 12.6 Å². The van der Waals surface area contributed by atoms with Gasteiger partial charge in [-0.05, 0) is 26.7 Å². The van der Waals surface area contributed by atoms with Gasteiger partial charge >= 0.3 is 0 Å². The van der Waals surface area contributed by atoms with E-state index in [1.165, 1.54) is 0 Å². The van der Waals surface area contributed by atoms with Crippen molar-refractivity contribution in [3.05, 3.63) is 6.33 Å². The van der Waals surface area contributed by atoms with Gasteiger partial charge in [0.15, 0.2) is 17.0 Å². The Kier molecular flexibility index (Phi) is 5.18. The molecule has 1 atom stereocenters. The molecule has 1 unspecified atom stereocenters. The highest BCUT2D eigenvalue weighted by atomic mass is 16.3. The van der Waals surface area contributed by atoms with Crippen molar-refractivity contribution in [3.63, 3.8) is 0 Å². The Morgan fingerprint density at radius 2 is 1.95 bits per heavy atom. The summed E-state index contributed by atoms with van der Waals surface area (Å²) >= 11 is 0. The molecule has 0 saturated carbocycles. The van der Waals surface area contributed by atoms with Crippen LogP contribution in [-0.4, -0.2) is 43.8 Å². The van der Waals surface area contributed by atoms with Crippen LogP contribution in [0.15, 0.2) is 6.33 Å². The van der Waals surface area contributed by atoms with E-state index in [0.717, 1.165) is 23.5 Å². The number of aliphatic hydroxyl groups excluding tert-OH is 1. The zero-order chi connectivity index (χ0) is 16.3. The number of fused-ring (bicyclic) bond motifs is 1. The molecule has 2 aromatic heterocycles. The van der Waals surface area contributed by atoms with Crippen LogP contribution in [0.3, 0.4) is 0 Å². The minimum Gasteiger partial charge on any atom is -0.394 e. The van der Waals surface area contributed by atoms with Crippen LogP contribution in [0.5, 0.6) is 0 Å². The number of anilines is 2. The normalized spacial score (nSPS) is 13.1. The topological polar surface area (TPSA) is 87.9 Å². The standard InChI is InChI=1S/C15H26N6O/c1-6-16-13-12-14(21(8-17-12)10(4)5)20-15(19-13)18-11(7-22)9(2)3/h8-11,22H,6-7H2,1-5H3,(H2,16,18,19,20). The van der Waals surface area contributed by atoms with Crippen LogP contribution < -0.4 is 10.6 Å². The van der Waals surface area contributed by atoms with Crippen molar-refractivity contribution in [1.82, 2.24) is 19.5 Å². The van der Waals surface area contributed by atoms with Gasteiger partial charge in [0.25, 0.3) is 0 Å². The van der Waals surface area contributed by atoms with Crippen LogP contribution in [-0.2, 0) is 0 Å². The molecule has 0 radical (unpaired) electrons. The van der Waals surface area contributed by atoms with Gasteiger partial charge in [0.05, 0.1) is 19.0 Å². The van der Waals surface area contributed by atoms with Crippen molar-refractivity contribution in [2.45, 2.75) is 46.7 Å². The summed E-state index contributed by atoms with van der Waals surface area (Å²) in [6.07, 6.45) is 1.79. The fourth-order valence-corrected chi connectivity index (χ4v) is 2.24. The molecule has 2 heterocycles. The quantitative estimate of drug-likeness (QED) is 0.727. The fourth-order valence-electron chi connectivity index (χ4n) is 2.24. The van der Waals surface area contributed by atoms with Crippen molar-refractivity contribution in [3.8, 4) is 0 Å². The van der Waals surface area contributed by atoms with E-state index in [9.17, 15) is 5.11 Å². The SMILES string of the molecule is CCNc1nc(NC(CO)C(C)C)nc2c1ncn2C(C)C. The predicted octanol–water partition coefficient (Wildman–Crippen LogP) is 2.27. The van der Waals surface area contributed by atoms with Gasteiger partial charge in [0.1, 0.15) is 0 Å². The molecule has 0 saturated heterocycles. The van der Waals surface area contributed by atoms with Crippen LogP contribution in [0, 0.1) is 5.92 Å².